The van der Waals surface area contributed by atoms with Gasteiger partial charge in [0.15, 0.2) is 0 Å². The predicted octanol–water partition coefficient (Wildman–Crippen LogP) is 1.61. The van der Waals surface area contributed by atoms with Gasteiger partial charge in [0, 0.05) is 6.04 Å². The van der Waals surface area contributed by atoms with Gasteiger partial charge in [0.25, 0.3) is 0 Å². The van der Waals surface area contributed by atoms with Crippen LogP contribution in [0.2, 0.25) is 0 Å². The summed E-state index contributed by atoms with van der Waals surface area (Å²) in [6, 6.07) is -0.193. The number of carboxylic acids is 1. The van der Waals surface area contributed by atoms with E-state index in [9.17, 15) is 4.79 Å². The van der Waals surface area contributed by atoms with Crippen molar-refractivity contribution in [1.82, 2.24) is 0 Å². The lowest BCUT2D eigenvalue weighted by Gasteiger charge is -2.19. The van der Waals surface area contributed by atoms with Crippen LogP contribution < -0.4 is 5.73 Å². The lowest BCUT2D eigenvalue weighted by Crippen LogP contribution is -2.25. The fourth-order valence-electron chi connectivity index (χ4n) is 0.945. The molecule has 0 spiro atoms. The third kappa shape index (κ3) is 7.54. The molecule has 0 aliphatic carbocycles. The molecule has 0 fully saturated rings. The van der Waals surface area contributed by atoms with Crippen molar-refractivity contribution in [3.63, 3.8) is 0 Å². The van der Waals surface area contributed by atoms with Crippen LogP contribution in [0.5, 0.6) is 0 Å². The molecule has 3 N–H and O–H groups in total. The van der Waals surface area contributed by atoms with E-state index in [4.69, 9.17) is 10.8 Å². The van der Waals surface area contributed by atoms with E-state index >= 15 is 0 Å². The fraction of sp³-hybridized carbons (Fsp3) is 0.889. The van der Waals surface area contributed by atoms with Crippen molar-refractivity contribution in [3.05, 3.63) is 0 Å². The Morgan fingerprint density at radius 1 is 1.50 bits per heavy atom. The van der Waals surface area contributed by atoms with Gasteiger partial charge in [-0.05, 0) is 18.3 Å². The molecule has 0 aromatic heterocycles. The molecule has 72 valence electrons. The van der Waals surface area contributed by atoms with Crippen LogP contribution >= 0.6 is 0 Å². The van der Waals surface area contributed by atoms with E-state index in [1.54, 1.807) is 0 Å². The average Bonchev–Trinajstić information content (AvgIpc) is 1.80. The summed E-state index contributed by atoms with van der Waals surface area (Å²) in [5.74, 6) is -0.809. The Hall–Kier alpha value is -0.570. The summed E-state index contributed by atoms with van der Waals surface area (Å²) >= 11 is 0. The second-order valence-corrected chi connectivity index (χ2v) is 4.46. The van der Waals surface area contributed by atoms with Gasteiger partial charge in [-0.25, -0.2) is 0 Å². The Labute approximate surface area is 74.0 Å². The van der Waals surface area contributed by atoms with Crippen LogP contribution in [0.4, 0.5) is 0 Å². The first-order valence-corrected chi connectivity index (χ1v) is 4.28. The minimum Gasteiger partial charge on any atom is -0.481 e. The van der Waals surface area contributed by atoms with Gasteiger partial charge in [0.1, 0.15) is 0 Å². The van der Waals surface area contributed by atoms with E-state index in [0.29, 0.717) is 0 Å². The molecular formula is C9H19NO2. The first-order valence-electron chi connectivity index (χ1n) is 4.28. The SMILES string of the molecule is CC(C)(C)CCC(N)CC(=O)O. The first kappa shape index (κ1) is 11.4. The van der Waals surface area contributed by atoms with E-state index in [1.165, 1.54) is 0 Å². The largest absolute Gasteiger partial charge is 0.481 e. The van der Waals surface area contributed by atoms with Gasteiger partial charge in [-0.3, -0.25) is 4.79 Å². The number of rotatable bonds is 4. The smallest absolute Gasteiger partial charge is 0.304 e. The molecule has 0 aromatic rings. The molecular weight excluding hydrogens is 154 g/mol. The van der Waals surface area contributed by atoms with E-state index in [2.05, 4.69) is 20.8 Å². The minimum atomic E-state index is -0.809. The van der Waals surface area contributed by atoms with Crippen LogP contribution in [0.3, 0.4) is 0 Å². The van der Waals surface area contributed by atoms with Gasteiger partial charge in [-0.1, -0.05) is 20.8 Å². The number of aliphatic carboxylic acids is 1. The van der Waals surface area contributed by atoms with Gasteiger partial charge < -0.3 is 10.8 Å². The predicted molar refractivity (Wildman–Crippen MR) is 48.9 cm³/mol. The van der Waals surface area contributed by atoms with Crippen LogP contribution in [0.25, 0.3) is 0 Å². The van der Waals surface area contributed by atoms with Gasteiger partial charge in [-0.15, -0.1) is 0 Å². The molecule has 0 aliphatic rings. The standard InChI is InChI=1S/C9H19NO2/c1-9(2,3)5-4-7(10)6-8(11)12/h7H,4-6,10H2,1-3H3,(H,11,12). The highest BCUT2D eigenvalue weighted by Crippen LogP contribution is 2.21. The molecule has 0 saturated heterocycles. The van der Waals surface area contributed by atoms with Crippen molar-refractivity contribution in [2.75, 3.05) is 0 Å². The summed E-state index contributed by atoms with van der Waals surface area (Å²) in [6.45, 7) is 6.38. The van der Waals surface area contributed by atoms with Crippen LogP contribution in [0.1, 0.15) is 40.0 Å². The van der Waals surface area contributed by atoms with Crippen LogP contribution in [-0.4, -0.2) is 17.1 Å². The maximum atomic E-state index is 10.3. The molecule has 0 heterocycles. The molecule has 3 nitrogen and oxygen atoms in total. The zero-order valence-corrected chi connectivity index (χ0v) is 8.13. The van der Waals surface area contributed by atoms with Crippen LogP contribution in [0.15, 0.2) is 0 Å². The Morgan fingerprint density at radius 3 is 2.33 bits per heavy atom. The molecule has 0 saturated carbocycles. The number of nitrogens with two attached hydrogens (primary N) is 1. The van der Waals surface area contributed by atoms with Gasteiger partial charge in [0.2, 0.25) is 0 Å². The van der Waals surface area contributed by atoms with Crippen LogP contribution in [0, 0.1) is 5.41 Å². The van der Waals surface area contributed by atoms with Crippen molar-refractivity contribution in [2.24, 2.45) is 11.1 Å². The Bertz CT molecular complexity index is 149. The van der Waals surface area contributed by atoms with Gasteiger partial charge >= 0.3 is 5.97 Å². The topological polar surface area (TPSA) is 63.3 Å². The lowest BCUT2D eigenvalue weighted by molar-refractivity contribution is -0.137. The molecule has 3 heteroatoms. The summed E-state index contributed by atoms with van der Waals surface area (Å²) in [5, 5.41) is 8.43. The molecule has 0 radical (unpaired) electrons. The van der Waals surface area contributed by atoms with Gasteiger partial charge in [-0.2, -0.15) is 0 Å². The second kappa shape index (κ2) is 4.45. The lowest BCUT2D eigenvalue weighted by atomic mass is 9.88. The summed E-state index contributed by atoms with van der Waals surface area (Å²) in [7, 11) is 0. The maximum absolute atomic E-state index is 10.3. The monoisotopic (exact) mass is 173 g/mol. The Balaban J connectivity index is 3.57. The van der Waals surface area contributed by atoms with E-state index in [1.807, 2.05) is 0 Å². The van der Waals surface area contributed by atoms with Gasteiger partial charge in [0.05, 0.1) is 6.42 Å². The molecule has 0 bridgehead atoms. The van der Waals surface area contributed by atoms with E-state index in [0.717, 1.165) is 12.8 Å². The third-order valence-electron chi connectivity index (χ3n) is 1.70. The summed E-state index contributed by atoms with van der Waals surface area (Å²) < 4.78 is 0. The van der Waals surface area contributed by atoms with Crippen LogP contribution in [-0.2, 0) is 4.79 Å². The molecule has 0 aromatic carbocycles. The Kier molecular flexibility index (Phi) is 4.24. The first-order chi connectivity index (χ1) is 5.31. The number of hydrogen-bond donors (Lipinski definition) is 2. The minimum absolute atomic E-state index is 0.0794. The quantitative estimate of drug-likeness (QED) is 0.679. The van der Waals surface area contributed by atoms with E-state index < -0.39 is 5.97 Å². The second-order valence-electron chi connectivity index (χ2n) is 4.46. The van der Waals surface area contributed by atoms with Crippen molar-refractivity contribution < 1.29 is 9.90 Å². The number of carbonyl (C=O) groups is 1. The molecule has 1 atom stereocenters. The zero-order valence-electron chi connectivity index (χ0n) is 8.13. The van der Waals surface area contributed by atoms with Crippen molar-refractivity contribution >= 4 is 5.97 Å². The third-order valence-corrected chi connectivity index (χ3v) is 1.70. The zero-order chi connectivity index (χ0) is 9.78. The van der Waals surface area contributed by atoms with E-state index in [-0.39, 0.29) is 17.9 Å². The molecule has 1 unspecified atom stereocenters. The summed E-state index contributed by atoms with van der Waals surface area (Å²) in [6.07, 6.45) is 1.84. The molecule has 0 rings (SSSR count). The Morgan fingerprint density at radius 2 is 2.00 bits per heavy atom. The summed E-state index contributed by atoms with van der Waals surface area (Å²) in [4.78, 5) is 10.3. The van der Waals surface area contributed by atoms with Crippen molar-refractivity contribution in [2.45, 2.75) is 46.1 Å². The maximum Gasteiger partial charge on any atom is 0.304 e. The number of carboxylic acid groups (broad SMARTS) is 1. The van der Waals surface area contributed by atoms with Crippen molar-refractivity contribution in [1.29, 1.82) is 0 Å². The average molecular weight is 173 g/mol. The van der Waals surface area contributed by atoms with Crippen molar-refractivity contribution in [3.8, 4) is 0 Å². The summed E-state index contributed by atoms with van der Waals surface area (Å²) in [5.41, 5.74) is 5.85. The molecule has 0 amide bonds. The molecule has 0 aliphatic heterocycles. The molecule has 12 heavy (non-hydrogen) atoms. The fourth-order valence-corrected chi connectivity index (χ4v) is 0.945. The highest BCUT2D eigenvalue weighted by Gasteiger charge is 2.14. The highest BCUT2D eigenvalue weighted by atomic mass is 16.4. The normalized spacial score (nSPS) is 14.3. The number of hydrogen-bond acceptors (Lipinski definition) is 2. The highest BCUT2D eigenvalue weighted by molar-refractivity contribution is 5.67.